The molecule has 2 aromatic carbocycles. The zero-order valence-corrected chi connectivity index (χ0v) is 14.5. The van der Waals surface area contributed by atoms with Crippen LogP contribution in [0.2, 0.25) is 5.02 Å². The summed E-state index contributed by atoms with van der Waals surface area (Å²) in [6, 6.07) is 18.6. The number of halogens is 1. The van der Waals surface area contributed by atoms with Crippen molar-refractivity contribution in [2.24, 2.45) is 5.92 Å². The van der Waals surface area contributed by atoms with Crippen LogP contribution in [0.15, 0.2) is 54.6 Å². The van der Waals surface area contributed by atoms with Gasteiger partial charge < -0.3 is 4.90 Å². The van der Waals surface area contributed by atoms with E-state index in [2.05, 4.69) is 41.3 Å². The van der Waals surface area contributed by atoms with E-state index in [4.69, 9.17) is 11.6 Å². The van der Waals surface area contributed by atoms with Gasteiger partial charge in [0.05, 0.1) is 0 Å². The molecule has 2 nitrogen and oxygen atoms in total. The Bertz CT molecular complexity index is 722. The lowest BCUT2D eigenvalue weighted by atomic mass is 9.89. The number of benzene rings is 2. The van der Waals surface area contributed by atoms with Crippen molar-refractivity contribution in [1.29, 1.82) is 0 Å². The summed E-state index contributed by atoms with van der Waals surface area (Å²) in [6.07, 6.45) is 3.08. The van der Waals surface area contributed by atoms with Gasteiger partial charge in [-0.05, 0) is 48.3 Å². The average molecular weight is 340 g/mol. The molecule has 1 aliphatic heterocycles. The Morgan fingerprint density at radius 3 is 2.33 bits per heavy atom. The molecule has 2 aliphatic rings. The molecular weight excluding hydrogens is 318 g/mol. The van der Waals surface area contributed by atoms with Gasteiger partial charge in [-0.3, -0.25) is 4.79 Å². The van der Waals surface area contributed by atoms with Gasteiger partial charge in [-0.25, -0.2) is 0 Å². The minimum absolute atomic E-state index is 0.137. The van der Waals surface area contributed by atoms with Crippen LogP contribution in [0.1, 0.15) is 42.2 Å². The number of hydrogen-bond acceptors (Lipinski definition) is 1. The second-order valence-corrected chi connectivity index (χ2v) is 7.39. The monoisotopic (exact) mass is 339 g/mol. The van der Waals surface area contributed by atoms with Crippen molar-refractivity contribution in [3.8, 4) is 0 Å². The minimum Gasteiger partial charge on any atom is -0.342 e. The molecule has 3 heteroatoms. The summed E-state index contributed by atoms with van der Waals surface area (Å²) < 4.78 is 0. The van der Waals surface area contributed by atoms with Crippen LogP contribution in [0.4, 0.5) is 0 Å². The quantitative estimate of drug-likeness (QED) is 0.782. The highest BCUT2D eigenvalue weighted by Gasteiger charge is 2.46. The Labute approximate surface area is 148 Å². The molecule has 0 spiro atoms. The van der Waals surface area contributed by atoms with Gasteiger partial charge in [0.15, 0.2) is 0 Å². The molecule has 1 aliphatic carbocycles. The van der Waals surface area contributed by atoms with E-state index in [-0.39, 0.29) is 5.92 Å². The fraction of sp³-hybridized carbons (Fsp3) is 0.381. The molecule has 0 N–H and O–H groups in total. The smallest absolute Gasteiger partial charge is 0.226 e. The van der Waals surface area contributed by atoms with Gasteiger partial charge in [0, 0.05) is 24.0 Å². The molecule has 2 unspecified atom stereocenters. The lowest BCUT2D eigenvalue weighted by Gasteiger charge is -2.32. The Morgan fingerprint density at radius 2 is 1.62 bits per heavy atom. The number of hydrogen-bond donors (Lipinski definition) is 0. The number of likely N-dealkylation sites (tertiary alicyclic amines) is 1. The standard InChI is InChI=1S/C21H22ClNO/c22-20-9-5-4-8-17(20)18-14-19(18)21(24)23-12-10-16(11-13-23)15-6-2-1-3-7-15/h1-9,16,18-19H,10-14H2. The predicted molar refractivity (Wildman–Crippen MR) is 97.3 cm³/mol. The summed E-state index contributed by atoms with van der Waals surface area (Å²) in [5, 5.41) is 0.792. The summed E-state index contributed by atoms with van der Waals surface area (Å²) in [7, 11) is 0. The molecule has 2 atom stereocenters. The number of piperidine rings is 1. The number of rotatable bonds is 3. The van der Waals surface area contributed by atoms with Crippen molar-refractivity contribution >= 4 is 17.5 Å². The highest BCUT2D eigenvalue weighted by molar-refractivity contribution is 6.31. The van der Waals surface area contributed by atoms with Gasteiger partial charge in [-0.1, -0.05) is 60.1 Å². The van der Waals surface area contributed by atoms with Gasteiger partial charge in [-0.15, -0.1) is 0 Å². The van der Waals surface area contributed by atoms with Crippen molar-refractivity contribution in [1.82, 2.24) is 4.90 Å². The minimum atomic E-state index is 0.137. The van der Waals surface area contributed by atoms with Crippen LogP contribution in [-0.4, -0.2) is 23.9 Å². The van der Waals surface area contributed by atoms with Gasteiger partial charge in [0.1, 0.15) is 0 Å². The third kappa shape index (κ3) is 3.08. The van der Waals surface area contributed by atoms with Crippen LogP contribution in [0.5, 0.6) is 0 Å². The molecule has 4 rings (SSSR count). The molecule has 0 aromatic heterocycles. The molecule has 24 heavy (non-hydrogen) atoms. The molecule has 124 valence electrons. The Hall–Kier alpha value is -1.80. The molecule has 2 fully saturated rings. The maximum absolute atomic E-state index is 12.8. The molecule has 1 saturated carbocycles. The van der Waals surface area contributed by atoms with Crippen molar-refractivity contribution in [2.45, 2.75) is 31.1 Å². The van der Waals surface area contributed by atoms with Gasteiger partial charge in [-0.2, -0.15) is 0 Å². The molecule has 1 amide bonds. The number of nitrogens with zero attached hydrogens (tertiary/aromatic N) is 1. The fourth-order valence-corrected chi connectivity index (χ4v) is 4.26. The Kier molecular flexibility index (Phi) is 4.32. The van der Waals surface area contributed by atoms with Crippen LogP contribution in [0.25, 0.3) is 0 Å². The third-order valence-electron chi connectivity index (χ3n) is 5.49. The maximum Gasteiger partial charge on any atom is 0.226 e. The van der Waals surface area contributed by atoms with Crippen LogP contribution in [0, 0.1) is 5.92 Å². The maximum atomic E-state index is 12.8. The zero-order chi connectivity index (χ0) is 16.5. The molecule has 0 bridgehead atoms. The molecule has 0 radical (unpaired) electrons. The molecule has 1 heterocycles. The normalized spacial score (nSPS) is 24.0. The highest BCUT2D eigenvalue weighted by Crippen LogP contribution is 2.50. The summed E-state index contributed by atoms with van der Waals surface area (Å²) in [4.78, 5) is 14.9. The van der Waals surface area contributed by atoms with Gasteiger partial charge in [0.25, 0.3) is 0 Å². The van der Waals surface area contributed by atoms with E-state index in [9.17, 15) is 4.79 Å². The fourth-order valence-electron chi connectivity index (χ4n) is 3.98. The Morgan fingerprint density at radius 1 is 0.958 bits per heavy atom. The number of carbonyl (C=O) groups is 1. The molecule has 2 aromatic rings. The van der Waals surface area contributed by atoms with E-state index in [1.165, 1.54) is 5.56 Å². The third-order valence-corrected chi connectivity index (χ3v) is 5.83. The van der Waals surface area contributed by atoms with Crippen LogP contribution < -0.4 is 0 Å². The summed E-state index contributed by atoms with van der Waals surface area (Å²) in [6.45, 7) is 1.76. The SMILES string of the molecule is O=C(C1CC1c1ccccc1Cl)N1CCC(c2ccccc2)CC1. The number of carbonyl (C=O) groups excluding carboxylic acids is 1. The van der Waals surface area contributed by atoms with Crippen molar-refractivity contribution in [2.75, 3.05) is 13.1 Å². The first-order chi connectivity index (χ1) is 11.7. The first kappa shape index (κ1) is 15.7. The van der Waals surface area contributed by atoms with Crippen molar-refractivity contribution < 1.29 is 4.79 Å². The number of amides is 1. The van der Waals surface area contributed by atoms with Crippen LogP contribution >= 0.6 is 11.6 Å². The van der Waals surface area contributed by atoms with Gasteiger partial charge in [0.2, 0.25) is 5.91 Å². The Balaban J connectivity index is 1.35. The van der Waals surface area contributed by atoms with E-state index in [1.807, 2.05) is 18.2 Å². The molecule has 1 saturated heterocycles. The van der Waals surface area contributed by atoms with Crippen molar-refractivity contribution in [3.63, 3.8) is 0 Å². The lowest BCUT2D eigenvalue weighted by molar-refractivity contribution is -0.133. The predicted octanol–water partition coefficient (Wildman–Crippen LogP) is 4.85. The van der Waals surface area contributed by atoms with Gasteiger partial charge >= 0.3 is 0 Å². The first-order valence-electron chi connectivity index (χ1n) is 8.82. The van der Waals surface area contributed by atoms with E-state index in [0.29, 0.717) is 17.7 Å². The summed E-state index contributed by atoms with van der Waals surface area (Å²) >= 11 is 6.28. The lowest BCUT2D eigenvalue weighted by Crippen LogP contribution is -2.39. The first-order valence-corrected chi connectivity index (χ1v) is 9.20. The average Bonchev–Trinajstić information content (AvgIpc) is 3.43. The topological polar surface area (TPSA) is 20.3 Å². The summed E-state index contributed by atoms with van der Waals surface area (Å²) in [5.41, 5.74) is 2.54. The molecular formula is C21H22ClNO. The van der Waals surface area contributed by atoms with E-state index in [0.717, 1.165) is 42.9 Å². The second-order valence-electron chi connectivity index (χ2n) is 6.98. The summed E-state index contributed by atoms with van der Waals surface area (Å²) in [5.74, 6) is 1.37. The highest BCUT2D eigenvalue weighted by atomic mass is 35.5. The van der Waals surface area contributed by atoms with E-state index >= 15 is 0 Å². The van der Waals surface area contributed by atoms with Crippen LogP contribution in [-0.2, 0) is 4.79 Å². The second kappa shape index (κ2) is 6.60. The van der Waals surface area contributed by atoms with E-state index in [1.54, 1.807) is 0 Å². The zero-order valence-electron chi connectivity index (χ0n) is 13.7. The van der Waals surface area contributed by atoms with E-state index < -0.39 is 0 Å². The van der Waals surface area contributed by atoms with Crippen LogP contribution in [0.3, 0.4) is 0 Å². The van der Waals surface area contributed by atoms with Crippen molar-refractivity contribution in [3.05, 3.63) is 70.7 Å². The largest absolute Gasteiger partial charge is 0.342 e.